The van der Waals surface area contributed by atoms with E-state index in [-0.39, 0.29) is 0 Å². The van der Waals surface area contributed by atoms with E-state index in [0.29, 0.717) is 0 Å². The molecule has 0 bridgehead atoms. The zero-order valence-corrected chi connectivity index (χ0v) is 11.8. The van der Waals surface area contributed by atoms with Gasteiger partial charge in [-0.1, -0.05) is 6.04 Å². The Labute approximate surface area is 86.0 Å². The van der Waals surface area contributed by atoms with Crippen LogP contribution in [0.25, 0.3) is 0 Å². The molecule has 0 aliphatic carbocycles. The fourth-order valence-electron chi connectivity index (χ4n) is 1.20. The van der Waals surface area contributed by atoms with Crippen LogP contribution in [0.2, 0.25) is 6.04 Å². The number of rotatable bonds is 6. The Kier molecular flexibility index (Phi) is 6.77. The van der Waals surface area contributed by atoms with Crippen LogP contribution in [0.1, 0.15) is 20.3 Å². The predicted octanol–water partition coefficient (Wildman–Crippen LogP) is 0.905. The van der Waals surface area contributed by atoms with E-state index in [0.717, 1.165) is 13.1 Å². The van der Waals surface area contributed by atoms with Gasteiger partial charge in [-0.15, -0.1) is 0 Å². The van der Waals surface area contributed by atoms with Crippen molar-refractivity contribution in [3.8, 4) is 0 Å². The molecule has 78 valence electrons. The van der Waals surface area contributed by atoms with Gasteiger partial charge in [0, 0.05) is 37.4 Å². The van der Waals surface area contributed by atoms with Crippen LogP contribution in [0, 0.1) is 0 Å². The van der Waals surface area contributed by atoms with Crippen molar-refractivity contribution in [3.63, 3.8) is 0 Å². The van der Waals surface area contributed by atoms with Crippen molar-refractivity contribution >= 4 is 10.2 Å². The molecule has 0 rings (SSSR count). The molecule has 0 atom stereocenters. The molecule has 0 unspecified atom stereocenters. The molecule has 0 saturated carbocycles. The van der Waals surface area contributed by atoms with Gasteiger partial charge in [-0.25, -0.2) is 0 Å². The lowest BCUT2D eigenvalue weighted by Gasteiger charge is -2.29. The summed E-state index contributed by atoms with van der Waals surface area (Å²) in [6.45, 7) is 6.55. The second kappa shape index (κ2) is 7.01. The first-order valence-corrected chi connectivity index (χ1v) is 6.71. The van der Waals surface area contributed by atoms with Crippen LogP contribution in [-0.4, -0.2) is 47.2 Å². The highest BCUT2D eigenvalue weighted by Crippen LogP contribution is 2.07. The molecule has 0 saturated heterocycles. The Balaban J connectivity index is 4.34. The fraction of sp³-hybridized carbons (Fsp3) is 0.800. The first kappa shape index (κ1) is 12.6. The Morgan fingerprint density at radius 1 is 1.15 bits per heavy atom. The van der Waals surface area contributed by atoms with Crippen molar-refractivity contribution in [1.29, 1.82) is 0 Å². The summed E-state index contributed by atoms with van der Waals surface area (Å²) >= 11 is 0. The Bertz CT molecular complexity index is 145. The summed E-state index contributed by atoms with van der Waals surface area (Å²) in [7, 11) is 5.62. The van der Waals surface area contributed by atoms with Gasteiger partial charge in [-0.3, -0.25) is 0 Å². The second-order valence-electron chi connectivity index (χ2n) is 3.38. The highest BCUT2D eigenvalue weighted by molar-refractivity contribution is 6.08. The van der Waals surface area contributed by atoms with Gasteiger partial charge in [-0.2, -0.15) is 0 Å². The van der Waals surface area contributed by atoms with Gasteiger partial charge in [0.05, 0.1) is 5.82 Å². The van der Waals surface area contributed by atoms with Crippen molar-refractivity contribution in [2.45, 2.75) is 26.3 Å². The number of allylic oxidation sites excluding steroid dienone is 1. The van der Waals surface area contributed by atoms with Crippen molar-refractivity contribution < 1.29 is 0 Å². The average molecular weight is 200 g/mol. The van der Waals surface area contributed by atoms with E-state index in [1.54, 1.807) is 0 Å². The van der Waals surface area contributed by atoms with E-state index < -0.39 is 0 Å². The molecule has 3 heteroatoms. The summed E-state index contributed by atoms with van der Waals surface area (Å²) in [6.07, 6.45) is 3.59. The molecular formula is C10H24N2Si. The third-order valence-electron chi connectivity index (χ3n) is 2.35. The van der Waals surface area contributed by atoms with Gasteiger partial charge < -0.3 is 9.80 Å². The fourth-order valence-corrected chi connectivity index (χ4v) is 1.49. The van der Waals surface area contributed by atoms with Gasteiger partial charge in [0.25, 0.3) is 0 Å². The van der Waals surface area contributed by atoms with Crippen LogP contribution in [0.4, 0.5) is 0 Å². The summed E-state index contributed by atoms with van der Waals surface area (Å²) < 4.78 is 0. The molecule has 0 spiro atoms. The topological polar surface area (TPSA) is 6.48 Å². The van der Waals surface area contributed by atoms with Gasteiger partial charge >= 0.3 is 0 Å². The Morgan fingerprint density at radius 2 is 1.62 bits per heavy atom. The highest BCUT2D eigenvalue weighted by atomic mass is 28.1. The monoisotopic (exact) mass is 200 g/mol. The maximum atomic E-state index is 2.36. The summed E-state index contributed by atoms with van der Waals surface area (Å²) in [5.74, 6) is 1.38. The Morgan fingerprint density at radius 3 is 1.92 bits per heavy atom. The molecule has 0 N–H and O–H groups in total. The number of hydrogen-bond donors (Lipinski definition) is 0. The van der Waals surface area contributed by atoms with E-state index in [9.17, 15) is 0 Å². The maximum absolute atomic E-state index is 2.36. The summed E-state index contributed by atoms with van der Waals surface area (Å²) in [5.41, 5.74) is 0. The highest BCUT2D eigenvalue weighted by Gasteiger charge is 2.05. The predicted molar refractivity (Wildman–Crippen MR) is 64.1 cm³/mol. The Hall–Kier alpha value is -0.443. The number of hydrogen-bond acceptors (Lipinski definition) is 2. The standard InChI is InChI=1S/C10H24N2Si/c1-5-11(3)10(8-7-9-13)12(4)6-2/h8H,5-7,9H2,1-4,13H3. The first-order chi connectivity index (χ1) is 6.17. The SMILES string of the molecule is CCN(C)C(=CCC[SiH3])N(C)CC. The van der Waals surface area contributed by atoms with Gasteiger partial charge in [0.2, 0.25) is 0 Å². The summed E-state index contributed by atoms with van der Waals surface area (Å²) in [5, 5.41) is 0. The lowest BCUT2D eigenvalue weighted by atomic mass is 10.4. The van der Waals surface area contributed by atoms with Crippen LogP contribution in [0.3, 0.4) is 0 Å². The average Bonchev–Trinajstić information content (AvgIpc) is 2.17. The molecule has 0 aromatic rings. The molecule has 0 fully saturated rings. The molecule has 0 aliphatic heterocycles. The van der Waals surface area contributed by atoms with Crippen molar-refractivity contribution in [2.75, 3.05) is 27.2 Å². The van der Waals surface area contributed by atoms with Crippen LogP contribution in [-0.2, 0) is 0 Å². The van der Waals surface area contributed by atoms with Crippen LogP contribution < -0.4 is 0 Å². The van der Waals surface area contributed by atoms with Crippen molar-refractivity contribution in [3.05, 3.63) is 11.9 Å². The zero-order chi connectivity index (χ0) is 10.3. The van der Waals surface area contributed by atoms with Gasteiger partial charge in [-0.05, 0) is 26.3 Å². The first-order valence-electron chi connectivity index (χ1n) is 5.29. The van der Waals surface area contributed by atoms with E-state index in [1.807, 2.05) is 0 Å². The third-order valence-corrected chi connectivity index (χ3v) is 2.92. The van der Waals surface area contributed by atoms with Crippen LogP contribution >= 0.6 is 0 Å². The third kappa shape index (κ3) is 4.36. The van der Waals surface area contributed by atoms with E-state index in [1.165, 1.54) is 28.5 Å². The molecular weight excluding hydrogens is 176 g/mol. The minimum absolute atomic E-state index is 1.08. The van der Waals surface area contributed by atoms with Crippen LogP contribution in [0.5, 0.6) is 0 Å². The minimum Gasteiger partial charge on any atom is -0.362 e. The van der Waals surface area contributed by atoms with E-state index in [4.69, 9.17) is 0 Å². The zero-order valence-electron chi connectivity index (χ0n) is 9.80. The summed E-state index contributed by atoms with van der Waals surface area (Å²) in [4.78, 5) is 4.61. The molecule has 0 radical (unpaired) electrons. The van der Waals surface area contributed by atoms with E-state index >= 15 is 0 Å². The lowest BCUT2D eigenvalue weighted by Crippen LogP contribution is -2.30. The molecule has 0 aliphatic rings. The van der Waals surface area contributed by atoms with Gasteiger partial charge in [0.15, 0.2) is 0 Å². The molecule has 13 heavy (non-hydrogen) atoms. The molecule has 0 heterocycles. The maximum Gasteiger partial charge on any atom is 0.0992 e. The molecule has 0 aromatic heterocycles. The smallest absolute Gasteiger partial charge is 0.0992 e. The summed E-state index contributed by atoms with van der Waals surface area (Å²) in [6, 6.07) is 1.36. The normalized spacial score (nSPS) is 9.85. The molecule has 2 nitrogen and oxygen atoms in total. The van der Waals surface area contributed by atoms with Gasteiger partial charge in [0.1, 0.15) is 0 Å². The quantitative estimate of drug-likeness (QED) is 0.588. The second-order valence-corrected chi connectivity index (χ2v) is 4.38. The van der Waals surface area contributed by atoms with Crippen molar-refractivity contribution in [1.82, 2.24) is 9.80 Å². The van der Waals surface area contributed by atoms with Crippen LogP contribution in [0.15, 0.2) is 11.9 Å². The molecule has 0 aromatic carbocycles. The number of nitrogens with zero attached hydrogens (tertiary/aromatic N) is 2. The lowest BCUT2D eigenvalue weighted by molar-refractivity contribution is 0.283. The van der Waals surface area contributed by atoms with Crippen molar-refractivity contribution in [2.24, 2.45) is 0 Å². The van der Waals surface area contributed by atoms with E-state index in [2.05, 4.69) is 43.8 Å². The largest absolute Gasteiger partial charge is 0.362 e. The minimum atomic E-state index is 1.08. The molecule has 0 amide bonds.